The van der Waals surface area contributed by atoms with E-state index in [1.807, 2.05) is 5.38 Å². The minimum atomic E-state index is -0.317. The number of aromatic nitrogens is 1. The van der Waals surface area contributed by atoms with Crippen molar-refractivity contribution in [2.45, 2.75) is 20.4 Å². The van der Waals surface area contributed by atoms with Crippen molar-refractivity contribution in [2.75, 3.05) is 32.7 Å². The highest BCUT2D eigenvalue weighted by Crippen LogP contribution is 2.13. The molecule has 0 saturated carbocycles. The van der Waals surface area contributed by atoms with E-state index in [-0.39, 0.29) is 5.91 Å². The minimum Gasteiger partial charge on any atom is -0.301 e. The molecule has 20 heavy (non-hydrogen) atoms. The number of rotatable bonds is 5. The van der Waals surface area contributed by atoms with Crippen LogP contribution in [0.5, 0.6) is 0 Å². The number of hydrogen-bond donors (Lipinski definition) is 2. The lowest BCUT2D eigenvalue weighted by Crippen LogP contribution is -2.46. The molecule has 1 fully saturated rings. The Morgan fingerprint density at radius 1 is 1.40 bits per heavy atom. The van der Waals surface area contributed by atoms with Crippen LogP contribution in [0.15, 0.2) is 5.38 Å². The predicted molar refractivity (Wildman–Crippen MR) is 80.3 cm³/mol. The number of hydrazine groups is 1. The number of nitrogen functional groups attached to an aromatic ring is 1. The maximum Gasteiger partial charge on any atom is 0.294 e. The van der Waals surface area contributed by atoms with Crippen LogP contribution in [0.2, 0.25) is 0 Å². The number of carbonyl (C=O) groups excluding carboxylic acids is 1. The largest absolute Gasteiger partial charge is 0.301 e. The van der Waals surface area contributed by atoms with Gasteiger partial charge in [-0.1, -0.05) is 13.8 Å². The van der Waals surface area contributed by atoms with Crippen molar-refractivity contribution in [1.82, 2.24) is 20.2 Å². The normalized spacial score (nSPS) is 17.6. The number of nitrogens with zero attached hydrogens (tertiary/aromatic N) is 3. The highest BCUT2D eigenvalue weighted by Gasteiger charge is 2.19. The molecule has 1 saturated heterocycles. The molecule has 1 aromatic rings. The van der Waals surface area contributed by atoms with Crippen LogP contribution in [-0.2, 0) is 6.54 Å². The first-order valence-electron chi connectivity index (χ1n) is 6.98. The summed E-state index contributed by atoms with van der Waals surface area (Å²) >= 11 is 1.34. The Bertz CT molecular complexity index is 440. The van der Waals surface area contributed by atoms with Gasteiger partial charge in [0.25, 0.3) is 5.91 Å². The third-order valence-electron chi connectivity index (χ3n) is 3.35. The van der Waals surface area contributed by atoms with Gasteiger partial charge in [-0.05, 0) is 5.92 Å². The molecular formula is C13H23N5OS. The number of thiazole rings is 1. The molecule has 7 heteroatoms. The van der Waals surface area contributed by atoms with Gasteiger partial charge in [0, 0.05) is 44.6 Å². The van der Waals surface area contributed by atoms with Gasteiger partial charge < -0.3 is 4.90 Å². The van der Waals surface area contributed by atoms with Crippen LogP contribution in [-0.4, -0.2) is 53.4 Å². The highest BCUT2D eigenvalue weighted by molar-refractivity contribution is 7.11. The first-order valence-corrected chi connectivity index (χ1v) is 7.86. The van der Waals surface area contributed by atoms with Crippen molar-refractivity contribution < 1.29 is 4.79 Å². The zero-order valence-electron chi connectivity index (χ0n) is 12.1. The standard InChI is InChI=1S/C13H23N5OS/c1-10(2)7-17-3-5-18(6-4-17)8-11-9-20-13(15-11)12(19)16-14/h9-10H,3-8,14H2,1-2H3,(H,16,19). The minimum absolute atomic E-state index is 0.317. The quantitative estimate of drug-likeness (QED) is 0.471. The average molecular weight is 297 g/mol. The fraction of sp³-hybridized carbons (Fsp3) is 0.692. The van der Waals surface area contributed by atoms with Crippen LogP contribution in [0.25, 0.3) is 0 Å². The van der Waals surface area contributed by atoms with Gasteiger partial charge in [0.2, 0.25) is 0 Å². The smallest absolute Gasteiger partial charge is 0.294 e. The summed E-state index contributed by atoms with van der Waals surface area (Å²) in [5.74, 6) is 5.51. The predicted octanol–water partition coefficient (Wildman–Crippen LogP) is 0.520. The van der Waals surface area contributed by atoms with E-state index in [4.69, 9.17) is 5.84 Å². The number of amides is 1. The molecule has 0 bridgehead atoms. The summed E-state index contributed by atoms with van der Waals surface area (Å²) < 4.78 is 0. The van der Waals surface area contributed by atoms with Gasteiger partial charge >= 0.3 is 0 Å². The Kier molecular flexibility index (Phi) is 5.47. The first-order chi connectivity index (χ1) is 9.58. The van der Waals surface area contributed by atoms with Crippen molar-refractivity contribution >= 4 is 17.2 Å². The maximum absolute atomic E-state index is 11.4. The van der Waals surface area contributed by atoms with Gasteiger partial charge in [-0.25, -0.2) is 10.8 Å². The number of piperazine rings is 1. The summed E-state index contributed by atoms with van der Waals surface area (Å²) in [5, 5.41) is 2.37. The zero-order valence-corrected chi connectivity index (χ0v) is 12.9. The average Bonchev–Trinajstić information content (AvgIpc) is 2.88. The molecule has 3 N–H and O–H groups in total. The second kappa shape index (κ2) is 7.12. The Labute approximate surface area is 123 Å². The molecule has 112 valence electrons. The van der Waals surface area contributed by atoms with Crippen molar-refractivity contribution in [3.05, 3.63) is 16.1 Å². The topological polar surface area (TPSA) is 74.5 Å². The van der Waals surface area contributed by atoms with Crippen molar-refractivity contribution in [3.8, 4) is 0 Å². The van der Waals surface area contributed by atoms with E-state index in [9.17, 15) is 4.79 Å². The first kappa shape index (κ1) is 15.4. The van der Waals surface area contributed by atoms with E-state index in [1.165, 1.54) is 17.9 Å². The Balaban J connectivity index is 1.80. The fourth-order valence-corrected chi connectivity index (χ4v) is 3.13. The maximum atomic E-state index is 11.4. The SMILES string of the molecule is CC(C)CN1CCN(Cc2csc(C(=O)NN)n2)CC1. The summed E-state index contributed by atoms with van der Waals surface area (Å²) in [6.07, 6.45) is 0. The zero-order chi connectivity index (χ0) is 14.5. The lowest BCUT2D eigenvalue weighted by atomic mass is 10.2. The third kappa shape index (κ3) is 4.24. The Morgan fingerprint density at radius 2 is 2.05 bits per heavy atom. The molecule has 2 heterocycles. The monoisotopic (exact) mass is 297 g/mol. The van der Waals surface area contributed by atoms with Gasteiger partial charge in [0.05, 0.1) is 5.69 Å². The summed E-state index contributed by atoms with van der Waals surface area (Å²) in [4.78, 5) is 20.6. The second-order valence-corrected chi connectivity index (χ2v) is 6.45. The summed E-state index contributed by atoms with van der Waals surface area (Å²) in [5.41, 5.74) is 3.06. The van der Waals surface area contributed by atoms with Crippen molar-refractivity contribution in [3.63, 3.8) is 0 Å². The molecule has 0 aromatic carbocycles. The van der Waals surface area contributed by atoms with Crippen molar-refractivity contribution in [1.29, 1.82) is 0 Å². The molecule has 1 aromatic heterocycles. The molecule has 0 unspecified atom stereocenters. The summed E-state index contributed by atoms with van der Waals surface area (Å²) in [6.45, 7) is 10.8. The molecular weight excluding hydrogens is 274 g/mol. The number of carbonyl (C=O) groups is 1. The van der Waals surface area contributed by atoms with E-state index in [1.54, 1.807) is 0 Å². The molecule has 2 rings (SSSR count). The van der Waals surface area contributed by atoms with Crippen LogP contribution in [0.4, 0.5) is 0 Å². The molecule has 1 amide bonds. The van der Waals surface area contributed by atoms with E-state index >= 15 is 0 Å². The number of hydrogen-bond acceptors (Lipinski definition) is 6. The van der Waals surface area contributed by atoms with Crippen LogP contribution in [0.3, 0.4) is 0 Å². The molecule has 6 nitrogen and oxygen atoms in total. The lowest BCUT2D eigenvalue weighted by molar-refractivity contribution is 0.0952. The van der Waals surface area contributed by atoms with Gasteiger partial charge in [-0.3, -0.25) is 15.1 Å². The van der Waals surface area contributed by atoms with Gasteiger partial charge in [-0.2, -0.15) is 0 Å². The second-order valence-electron chi connectivity index (χ2n) is 5.59. The van der Waals surface area contributed by atoms with E-state index in [2.05, 4.69) is 34.1 Å². The van der Waals surface area contributed by atoms with Crippen LogP contribution in [0.1, 0.15) is 29.3 Å². The van der Waals surface area contributed by atoms with Crippen LogP contribution >= 0.6 is 11.3 Å². The van der Waals surface area contributed by atoms with Gasteiger partial charge in [0.1, 0.15) is 0 Å². The Hall–Kier alpha value is -1.02. The molecule has 1 aliphatic rings. The highest BCUT2D eigenvalue weighted by atomic mass is 32.1. The number of nitrogens with two attached hydrogens (primary N) is 1. The van der Waals surface area contributed by atoms with E-state index < -0.39 is 0 Å². The molecule has 0 spiro atoms. The van der Waals surface area contributed by atoms with Crippen molar-refractivity contribution in [2.24, 2.45) is 11.8 Å². The summed E-state index contributed by atoms with van der Waals surface area (Å²) in [7, 11) is 0. The van der Waals surface area contributed by atoms with Crippen LogP contribution in [0, 0.1) is 5.92 Å². The molecule has 1 aliphatic heterocycles. The lowest BCUT2D eigenvalue weighted by Gasteiger charge is -2.35. The molecule has 0 atom stereocenters. The van der Waals surface area contributed by atoms with E-state index in [0.717, 1.165) is 44.3 Å². The molecule has 0 radical (unpaired) electrons. The molecule has 0 aliphatic carbocycles. The van der Waals surface area contributed by atoms with Gasteiger partial charge in [-0.15, -0.1) is 11.3 Å². The third-order valence-corrected chi connectivity index (χ3v) is 4.24. The van der Waals surface area contributed by atoms with Crippen LogP contribution < -0.4 is 11.3 Å². The van der Waals surface area contributed by atoms with E-state index in [0.29, 0.717) is 5.01 Å². The number of nitrogens with one attached hydrogen (secondary N) is 1. The Morgan fingerprint density at radius 3 is 2.65 bits per heavy atom. The fourth-order valence-electron chi connectivity index (χ4n) is 2.42. The summed E-state index contributed by atoms with van der Waals surface area (Å²) in [6, 6.07) is 0. The van der Waals surface area contributed by atoms with Gasteiger partial charge in [0.15, 0.2) is 5.01 Å².